The van der Waals surface area contributed by atoms with Crippen LogP contribution in [0, 0.1) is 0 Å². The first-order valence-corrected chi connectivity index (χ1v) is 5.93. The van der Waals surface area contributed by atoms with Crippen LogP contribution in [0.3, 0.4) is 0 Å². The van der Waals surface area contributed by atoms with Gasteiger partial charge in [-0.25, -0.2) is 0 Å². The van der Waals surface area contributed by atoms with E-state index >= 15 is 0 Å². The molecule has 0 aliphatic rings. The fourth-order valence-electron chi connectivity index (χ4n) is 1.46. The molecule has 78 valence electrons. The van der Waals surface area contributed by atoms with Gasteiger partial charge in [-0.1, -0.05) is 6.92 Å². The molecule has 0 heterocycles. The molecule has 0 fully saturated rings. The normalized spacial score (nSPS) is 10.3. The maximum atomic E-state index is 5.67. The molecule has 2 nitrogen and oxygen atoms in total. The maximum absolute atomic E-state index is 5.67. The average Bonchev–Trinajstić information content (AvgIpc) is 2.26. The topological polar surface area (TPSA) is 35.2 Å². The van der Waals surface area contributed by atoms with Crippen molar-refractivity contribution in [2.45, 2.75) is 24.8 Å². The van der Waals surface area contributed by atoms with Crippen molar-refractivity contribution in [2.24, 2.45) is 5.73 Å². The van der Waals surface area contributed by atoms with Gasteiger partial charge in [-0.2, -0.15) is 0 Å². The fraction of sp³-hybridized carbons (Fsp3) is 0.455. The molecule has 0 aliphatic carbocycles. The minimum absolute atomic E-state index is 0.566. The number of ether oxygens (including phenoxy) is 1. The monoisotopic (exact) mass is 211 g/mol. The van der Waals surface area contributed by atoms with Gasteiger partial charge in [0.25, 0.3) is 0 Å². The zero-order valence-electron chi connectivity index (χ0n) is 8.96. The van der Waals surface area contributed by atoms with Crippen LogP contribution in [0.2, 0.25) is 0 Å². The summed E-state index contributed by atoms with van der Waals surface area (Å²) in [5, 5.41) is 0. The number of methoxy groups -OCH3 is 1. The molecule has 14 heavy (non-hydrogen) atoms. The third-order valence-electron chi connectivity index (χ3n) is 2.28. The zero-order valence-corrected chi connectivity index (χ0v) is 9.78. The van der Waals surface area contributed by atoms with Crippen LogP contribution < -0.4 is 10.5 Å². The highest BCUT2D eigenvalue weighted by molar-refractivity contribution is 7.98. The molecule has 0 unspecified atom stereocenters. The Hall–Kier alpha value is -0.670. The SMILES string of the molecule is CCc1cc(SC)c(CN)cc1OC. The van der Waals surface area contributed by atoms with Crippen molar-refractivity contribution >= 4 is 11.8 Å². The van der Waals surface area contributed by atoms with Crippen LogP contribution in [-0.4, -0.2) is 13.4 Å². The maximum Gasteiger partial charge on any atom is 0.122 e. The Labute approximate surface area is 89.8 Å². The Bertz CT molecular complexity index is 254. The van der Waals surface area contributed by atoms with E-state index in [0.717, 1.165) is 17.7 Å². The van der Waals surface area contributed by atoms with E-state index in [1.54, 1.807) is 18.9 Å². The van der Waals surface area contributed by atoms with Crippen LogP contribution in [0.15, 0.2) is 17.0 Å². The van der Waals surface area contributed by atoms with Gasteiger partial charge in [0.15, 0.2) is 0 Å². The highest BCUT2D eigenvalue weighted by Gasteiger charge is 2.07. The molecule has 1 rings (SSSR count). The van der Waals surface area contributed by atoms with Crippen molar-refractivity contribution in [2.75, 3.05) is 13.4 Å². The largest absolute Gasteiger partial charge is 0.496 e. The van der Waals surface area contributed by atoms with Gasteiger partial charge in [-0.15, -0.1) is 11.8 Å². The van der Waals surface area contributed by atoms with Crippen molar-refractivity contribution in [3.05, 3.63) is 23.3 Å². The summed E-state index contributed by atoms with van der Waals surface area (Å²) in [7, 11) is 1.70. The first kappa shape index (κ1) is 11.4. The third kappa shape index (κ3) is 2.22. The third-order valence-corrected chi connectivity index (χ3v) is 3.10. The van der Waals surface area contributed by atoms with Crippen molar-refractivity contribution < 1.29 is 4.74 Å². The van der Waals surface area contributed by atoms with Crippen LogP contribution in [0.25, 0.3) is 0 Å². The van der Waals surface area contributed by atoms with Crippen molar-refractivity contribution in [1.29, 1.82) is 0 Å². The molecule has 2 N–H and O–H groups in total. The summed E-state index contributed by atoms with van der Waals surface area (Å²) in [5.41, 5.74) is 8.08. The van der Waals surface area contributed by atoms with E-state index in [-0.39, 0.29) is 0 Å². The van der Waals surface area contributed by atoms with Gasteiger partial charge in [0.05, 0.1) is 7.11 Å². The van der Waals surface area contributed by atoms with E-state index in [9.17, 15) is 0 Å². The molecule has 0 amide bonds. The molecular formula is C11H17NOS. The Morgan fingerprint density at radius 2 is 2.07 bits per heavy atom. The minimum Gasteiger partial charge on any atom is -0.496 e. The molecule has 3 heteroatoms. The quantitative estimate of drug-likeness (QED) is 0.777. The lowest BCUT2D eigenvalue weighted by atomic mass is 10.1. The summed E-state index contributed by atoms with van der Waals surface area (Å²) in [5.74, 6) is 0.950. The van der Waals surface area contributed by atoms with Gasteiger partial charge in [0.2, 0.25) is 0 Å². The number of rotatable bonds is 4. The number of aryl methyl sites for hydroxylation is 1. The molecule has 0 radical (unpaired) electrons. The predicted molar refractivity (Wildman–Crippen MR) is 62.0 cm³/mol. The molecule has 0 aliphatic heterocycles. The van der Waals surface area contributed by atoms with Crippen LogP contribution in [0.4, 0.5) is 0 Å². The molecule has 0 aromatic heterocycles. The molecule has 0 atom stereocenters. The second kappa shape index (κ2) is 5.27. The van der Waals surface area contributed by atoms with Crippen LogP contribution in [0.5, 0.6) is 5.75 Å². The smallest absolute Gasteiger partial charge is 0.122 e. The molecule has 1 aromatic rings. The second-order valence-electron chi connectivity index (χ2n) is 3.03. The van der Waals surface area contributed by atoms with Gasteiger partial charge in [-0.3, -0.25) is 0 Å². The summed E-state index contributed by atoms with van der Waals surface area (Å²) in [6, 6.07) is 4.22. The van der Waals surface area contributed by atoms with Gasteiger partial charge < -0.3 is 10.5 Å². The molecule has 0 bridgehead atoms. The van der Waals surface area contributed by atoms with Crippen molar-refractivity contribution in [1.82, 2.24) is 0 Å². The highest BCUT2D eigenvalue weighted by atomic mass is 32.2. The van der Waals surface area contributed by atoms with Gasteiger partial charge >= 0.3 is 0 Å². The number of hydrogen-bond donors (Lipinski definition) is 1. The van der Waals surface area contributed by atoms with Crippen LogP contribution in [0.1, 0.15) is 18.1 Å². The fourth-order valence-corrected chi connectivity index (χ4v) is 2.12. The minimum atomic E-state index is 0.566. The van der Waals surface area contributed by atoms with Gasteiger partial charge in [-0.05, 0) is 35.9 Å². The Kier molecular flexibility index (Phi) is 4.29. The van der Waals surface area contributed by atoms with Crippen LogP contribution in [-0.2, 0) is 13.0 Å². The zero-order chi connectivity index (χ0) is 10.6. The number of thioether (sulfide) groups is 1. The summed E-state index contributed by atoms with van der Waals surface area (Å²) in [4.78, 5) is 1.25. The molecular weight excluding hydrogens is 194 g/mol. The molecule has 1 aromatic carbocycles. The summed E-state index contributed by atoms with van der Waals surface area (Å²) >= 11 is 1.73. The number of hydrogen-bond acceptors (Lipinski definition) is 3. The van der Waals surface area contributed by atoms with E-state index in [4.69, 9.17) is 10.5 Å². The van der Waals surface area contributed by atoms with E-state index in [1.165, 1.54) is 10.5 Å². The number of nitrogens with two attached hydrogens (primary N) is 1. The second-order valence-corrected chi connectivity index (χ2v) is 3.88. The Morgan fingerprint density at radius 1 is 1.36 bits per heavy atom. The molecule has 0 saturated carbocycles. The van der Waals surface area contributed by atoms with Gasteiger partial charge in [0.1, 0.15) is 5.75 Å². The Balaban J connectivity index is 3.20. The predicted octanol–water partition coefficient (Wildman–Crippen LogP) is 2.44. The Morgan fingerprint density at radius 3 is 2.50 bits per heavy atom. The van der Waals surface area contributed by atoms with E-state index in [0.29, 0.717) is 6.54 Å². The average molecular weight is 211 g/mol. The highest BCUT2D eigenvalue weighted by Crippen LogP contribution is 2.29. The van der Waals surface area contributed by atoms with Crippen molar-refractivity contribution in [3.63, 3.8) is 0 Å². The van der Waals surface area contributed by atoms with E-state index < -0.39 is 0 Å². The lowest BCUT2D eigenvalue weighted by Gasteiger charge is -2.12. The standard InChI is InChI=1S/C11H17NOS/c1-4-8-6-11(14-3)9(7-12)5-10(8)13-2/h5-6H,4,7,12H2,1-3H3. The number of benzene rings is 1. The van der Waals surface area contributed by atoms with Crippen LogP contribution >= 0.6 is 11.8 Å². The van der Waals surface area contributed by atoms with E-state index in [1.807, 2.05) is 6.07 Å². The van der Waals surface area contributed by atoms with Crippen molar-refractivity contribution in [3.8, 4) is 5.75 Å². The molecule has 0 spiro atoms. The summed E-state index contributed by atoms with van der Waals surface area (Å²) < 4.78 is 5.31. The lowest BCUT2D eigenvalue weighted by Crippen LogP contribution is -2.01. The van der Waals surface area contributed by atoms with E-state index in [2.05, 4.69) is 19.2 Å². The summed E-state index contributed by atoms with van der Waals surface area (Å²) in [6.45, 7) is 2.70. The summed E-state index contributed by atoms with van der Waals surface area (Å²) in [6.07, 6.45) is 3.06. The molecule has 0 saturated heterocycles. The lowest BCUT2D eigenvalue weighted by molar-refractivity contribution is 0.409. The first-order chi connectivity index (χ1) is 6.76. The van der Waals surface area contributed by atoms with Gasteiger partial charge in [0, 0.05) is 11.4 Å². The first-order valence-electron chi connectivity index (χ1n) is 4.70.